The Morgan fingerprint density at radius 1 is 1.35 bits per heavy atom. The zero-order chi connectivity index (χ0) is 14.0. The Bertz CT molecular complexity index is 678. The summed E-state index contributed by atoms with van der Waals surface area (Å²) >= 11 is 0. The van der Waals surface area contributed by atoms with Crippen LogP contribution in [0.15, 0.2) is 41.6 Å². The van der Waals surface area contributed by atoms with Crippen molar-refractivity contribution < 1.29 is 8.42 Å². The third-order valence-electron chi connectivity index (χ3n) is 3.13. The maximum atomic E-state index is 12.1. The van der Waals surface area contributed by atoms with E-state index in [-0.39, 0.29) is 4.90 Å². The minimum Gasteiger partial charge on any atom is -0.310 e. The number of benzene rings is 1. The van der Waals surface area contributed by atoms with Crippen molar-refractivity contribution in [3.05, 3.63) is 42.2 Å². The SMILES string of the molecule is O=S(=O)(Nc1cccc(CNC2CC2)c1)c1cn[nH]c1. The van der Waals surface area contributed by atoms with E-state index >= 15 is 0 Å². The molecule has 2 aromatic rings. The molecule has 1 aliphatic rings. The lowest BCUT2D eigenvalue weighted by Crippen LogP contribution is -2.16. The summed E-state index contributed by atoms with van der Waals surface area (Å²) in [5, 5.41) is 9.54. The van der Waals surface area contributed by atoms with E-state index in [9.17, 15) is 8.42 Å². The van der Waals surface area contributed by atoms with E-state index in [1.54, 1.807) is 6.07 Å². The zero-order valence-electron chi connectivity index (χ0n) is 10.8. The first kappa shape index (κ1) is 13.1. The summed E-state index contributed by atoms with van der Waals surface area (Å²) in [6.07, 6.45) is 5.08. The van der Waals surface area contributed by atoms with Gasteiger partial charge in [0.1, 0.15) is 4.90 Å². The van der Waals surface area contributed by atoms with Crippen molar-refractivity contribution in [1.82, 2.24) is 15.5 Å². The highest BCUT2D eigenvalue weighted by atomic mass is 32.2. The molecule has 7 heteroatoms. The fourth-order valence-corrected chi connectivity index (χ4v) is 2.85. The standard InChI is InChI=1S/C13H16N4O2S/c18-20(19,13-8-15-16-9-13)17-12-3-1-2-10(6-12)7-14-11-4-5-11/h1-3,6,8-9,11,14,17H,4-5,7H2,(H,15,16). The van der Waals surface area contributed by atoms with E-state index in [0.29, 0.717) is 11.7 Å². The second-order valence-electron chi connectivity index (χ2n) is 4.90. The second-order valence-corrected chi connectivity index (χ2v) is 6.58. The number of nitrogens with zero attached hydrogens (tertiary/aromatic N) is 1. The van der Waals surface area contributed by atoms with Crippen molar-refractivity contribution in [3.63, 3.8) is 0 Å². The molecule has 3 N–H and O–H groups in total. The van der Waals surface area contributed by atoms with Crippen molar-refractivity contribution in [2.75, 3.05) is 4.72 Å². The predicted octanol–water partition coefficient (Wildman–Crippen LogP) is 1.46. The van der Waals surface area contributed by atoms with Crippen LogP contribution in [0.1, 0.15) is 18.4 Å². The summed E-state index contributed by atoms with van der Waals surface area (Å²) in [6.45, 7) is 0.756. The van der Waals surface area contributed by atoms with Crippen LogP contribution in [0.3, 0.4) is 0 Å². The predicted molar refractivity (Wildman–Crippen MR) is 75.7 cm³/mol. The fraction of sp³-hybridized carbons (Fsp3) is 0.308. The molecule has 1 fully saturated rings. The van der Waals surface area contributed by atoms with Crippen LogP contribution in [0, 0.1) is 0 Å². The molecular formula is C13H16N4O2S. The van der Waals surface area contributed by atoms with Gasteiger partial charge >= 0.3 is 0 Å². The lowest BCUT2D eigenvalue weighted by Gasteiger charge is -2.08. The third kappa shape index (κ3) is 3.17. The molecule has 0 unspecified atom stereocenters. The number of hydrogen-bond acceptors (Lipinski definition) is 4. The van der Waals surface area contributed by atoms with Gasteiger partial charge in [-0.25, -0.2) is 8.42 Å². The third-order valence-corrected chi connectivity index (χ3v) is 4.48. The van der Waals surface area contributed by atoms with Gasteiger partial charge in [0, 0.05) is 24.5 Å². The molecule has 0 aliphatic heterocycles. The number of nitrogens with one attached hydrogen (secondary N) is 3. The molecule has 1 aromatic carbocycles. The first-order chi connectivity index (χ1) is 9.63. The first-order valence-corrected chi connectivity index (χ1v) is 7.96. The minimum atomic E-state index is -3.57. The van der Waals surface area contributed by atoms with Crippen LogP contribution in [0.4, 0.5) is 5.69 Å². The molecule has 0 saturated heterocycles. The van der Waals surface area contributed by atoms with Crippen LogP contribution in [-0.2, 0) is 16.6 Å². The van der Waals surface area contributed by atoms with E-state index in [1.165, 1.54) is 25.2 Å². The lowest BCUT2D eigenvalue weighted by molar-refractivity contribution is 0.601. The van der Waals surface area contributed by atoms with Crippen molar-refractivity contribution in [3.8, 4) is 0 Å². The van der Waals surface area contributed by atoms with Gasteiger partial charge in [0.25, 0.3) is 10.0 Å². The van der Waals surface area contributed by atoms with Gasteiger partial charge < -0.3 is 5.32 Å². The summed E-state index contributed by atoms with van der Waals surface area (Å²) in [4.78, 5) is 0.124. The molecule has 0 amide bonds. The number of anilines is 1. The fourth-order valence-electron chi connectivity index (χ4n) is 1.89. The van der Waals surface area contributed by atoms with Gasteiger partial charge in [0.05, 0.1) is 6.20 Å². The summed E-state index contributed by atoms with van der Waals surface area (Å²) in [7, 11) is -3.57. The largest absolute Gasteiger partial charge is 0.310 e. The molecule has 3 rings (SSSR count). The highest BCUT2D eigenvalue weighted by Crippen LogP contribution is 2.20. The number of rotatable bonds is 6. The average Bonchev–Trinajstić information content (AvgIpc) is 3.06. The van der Waals surface area contributed by atoms with Crippen molar-refractivity contribution in [2.45, 2.75) is 30.3 Å². The van der Waals surface area contributed by atoms with E-state index < -0.39 is 10.0 Å². The van der Waals surface area contributed by atoms with Gasteiger partial charge in [-0.1, -0.05) is 12.1 Å². The number of H-pyrrole nitrogens is 1. The van der Waals surface area contributed by atoms with Gasteiger partial charge in [-0.05, 0) is 30.5 Å². The van der Waals surface area contributed by atoms with Crippen molar-refractivity contribution in [1.29, 1.82) is 0 Å². The van der Waals surface area contributed by atoms with Gasteiger partial charge in [-0.2, -0.15) is 5.10 Å². The molecule has 6 nitrogen and oxygen atoms in total. The minimum absolute atomic E-state index is 0.124. The zero-order valence-corrected chi connectivity index (χ0v) is 11.7. The maximum Gasteiger partial charge on any atom is 0.265 e. The van der Waals surface area contributed by atoms with Crippen molar-refractivity contribution >= 4 is 15.7 Å². The van der Waals surface area contributed by atoms with E-state index in [0.717, 1.165) is 12.1 Å². The molecule has 0 spiro atoms. The highest BCUT2D eigenvalue weighted by molar-refractivity contribution is 7.92. The Morgan fingerprint density at radius 2 is 2.20 bits per heavy atom. The van der Waals surface area contributed by atoms with E-state index in [2.05, 4.69) is 20.2 Å². The second kappa shape index (κ2) is 5.26. The Balaban J connectivity index is 1.71. The van der Waals surface area contributed by atoms with Gasteiger partial charge in [-0.3, -0.25) is 9.82 Å². The summed E-state index contributed by atoms with van der Waals surface area (Å²) in [5.41, 5.74) is 1.62. The van der Waals surface area contributed by atoms with Gasteiger partial charge in [0.2, 0.25) is 0 Å². The smallest absolute Gasteiger partial charge is 0.265 e. The molecule has 1 heterocycles. The summed E-state index contributed by atoms with van der Waals surface area (Å²) < 4.78 is 26.7. The average molecular weight is 292 g/mol. The number of sulfonamides is 1. The number of aromatic nitrogens is 2. The first-order valence-electron chi connectivity index (χ1n) is 6.47. The van der Waals surface area contributed by atoms with Gasteiger partial charge in [-0.15, -0.1) is 0 Å². The molecule has 1 aromatic heterocycles. The molecule has 0 bridgehead atoms. The van der Waals surface area contributed by atoms with Crippen LogP contribution in [0.5, 0.6) is 0 Å². The summed E-state index contributed by atoms with van der Waals surface area (Å²) in [6, 6.07) is 8.02. The number of aromatic amines is 1. The van der Waals surface area contributed by atoms with Crippen LogP contribution in [0.25, 0.3) is 0 Å². The molecule has 0 atom stereocenters. The molecule has 106 valence electrons. The highest BCUT2D eigenvalue weighted by Gasteiger charge is 2.20. The topological polar surface area (TPSA) is 86.9 Å². The quantitative estimate of drug-likeness (QED) is 0.752. The van der Waals surface area contributed by atoms with Crippen LogP contribution < -0.4 is 10.0 Å². The normalized spacial score (nSPS) is 15.2. The Hall–Kier alpha value is -1.86. The molecule has 0 radical (unpaired) electrons. The van der Waals surface area contributed by atoms with E-state index in [1.807, 2.05) is 18.2 Å². The van der Waals surface area contributed by atoms with Crippen LogP contribution in [-0.4, -0.2) is 24.7 Å². The van der Waals surface area contributed by atoms with Crippen molar-refractivity contribution in [2.24, 2.45) is 0 Å². The maximum absolute atomic E-state index is 12.1. The molecular weight excluding hydrogens is 276 g/mol. The Morgan fingerprint density at radius 3 is 2.90 bits per heavy atom. The summed E-state index contributed by atoms with van der Waals surface area (Å²) in [5.74, 6) is 0. The molecule has 1 saturated carbocycles. The Labute approximate surface area is 117 Å². The monoisotopic (exact) mass is 292 g/mol. The van der Waals surface area contributed by atoms with Crippen LogP contribution >= 0.6 is 0 Å². The lowest BCUT2D eigenvalue weighted by atomic mass is 10.2. The van der Waals surface area contributed by atoms with Gasteiger partial charge in [0.15, 0.2) is 0 Å². The van der Waals surface area contributed by atoms with Crippen LogP contribution in [0.2, 0.25) is 0 Å². The Kier molecular flexibility index (Phi) is 3.45. The molecule has 1 aliphatic carbocycles. The van der Waals surface area contributed by atoms with E-state index in [4.69, 9.17) is 0 Å². The molecule has 20 heavy (non-hydrogen) atoms. The number of hydrogen-bond donors (Lipinski definition) is 3.